The van der Waals surface area contributed by atoms with Gasteiger partial charge in [0.2, 0.25) is 0 Å². The highest BCUT2D eigenvalue weighted by molar-refractivity contribution is 5.32. The number of rotatable bonds is 11. The molecule has 5 atom stereocenters. The average molecular weight is 607 g/mol. The molecule has 0 saturated heterocycles. The van der Waals surface area contributed by atoms with E-state index < -0.39 is 0 Å². The highest BCUT2D eigenvalue weighted by Gasteiger charge is 2.45. The Labute approximate surface area is 279 Å². The number of allylic oxidation sites excluding steroid dienone is 19. The fraction of sp³-hybridized carbons (Fsp3) is 0.556. The quantitative estimate of drug-likeness (QED) is 0.162. The van der Waals surface area contributed by atoms with E-state index in [-0.39, 0.29) is 0 Å². The van der Waals surface area contributed by atoms with Gasteiger partial charge in [0.15, 0.2) is 0 Å². The molecule has 3 aliphatic rings. The van der Waals surface area contributed by atoms with Crippen molar-refractivity contribution >= 4 is 0 Å². The van der Waals surface area contributed by atoms with E-state index in [4.69, 9.17) is 0 Å². The maximum Gasteiger partial charge on any atom is -0.0116 e. The Morgan fingerprint density at radius 1 is 0.622 bits per heavy atom. The normalized spacial score (nSPS) is 30.9. The smallest absolute Gasteiger partial charge is 0.0116 e. The van der Waals surface area contributed by atoms with Crippen molar-refractivity contribution in [2.75, 3.05) is 0 Å². The van der Waals surface area contributed by atoms with Gasteiger partial charge in [-0.15, -0.1) is 0 Å². The van der Waals surface area contributed by atoms with Crippen LogP contribution in [0.5, 0.6) is 0 Å². The molecule has 0 heterocycles. The summed E-state index contributed by atoms with van der Waals surface area (Å²) in [6.45, 7) is 28.0. The van der Waals surface area contributed by atoms with Gasteiger partial charge in [-0.3, -0.25) is 0 Å². The number of hydrogen-bond acceptors (Lipinski definition) is 0. The summed E-state index contributed by atoms with van der Waals surface area (Å²) in [5.74, 6) is 4.17. The first-order valence-corrected chi connectivity index (χ1v) is 18.0. The van der Waals surface area contributed by atoms with Crippen molar-refractivity contribution < 1.29 is 0 Å². The van der Waals surface area contributed by atoms with Crippen molar-refractivity contribution in [3.05, 3.63) is 120 Å². The van der Waals surface area contributed by atoms with E-state index >= 15 is 0 Å². The standard InChI is InChI=1S/C45H66/c1-33(20-14-22-35(3)27-29-42-37(5)24-17-31-44(42,8)9)18-12-13-19-34(2)21-15-23-36(4)28-30-43-39(7)38(6)41(32-45(43,10)11)40-25-16-26-40/h12-15,18-23,27-30,37,39-43H,6,16-17,24-26,31-32H2,1-5,7-11H3/b13-12+,20-14+,21-15+,29-27+,30-28+,33-18+,34-19+,35-22+,36-23+. The van der Waals surface area contributed by atoms with Crippen LogP contribution in [0, 0.1) is 46.3 Å². The van der Waals surface area contributed by atoms with Crippen LogP contribution in [0.1, 0.15) is 114 Å². The van der Waals surface area contributed by atoms with Crippen molar-refractivity contribution in [2.24, 2.45) is 46.3 Å². The van der Waals surface area contributed by atoms with Crippen molar-refractivity contribution in [3.63, 3.8) is 0 Å². The second kappa shape index (κ2) is 16.8. The molecular weight excluding hydrogens is 540 g/mol. The zero-order valence-corrected chi connectivity index (χ0v) is 30.7. The topological polar surface area (TPSA) is 0 Å². The van der Waals surface area contributed by atoms with E-state index in [1.807, 2.05) is 0 Å². The summed E-state index contributed by atoms with van der Waals surface area (Å²) in [7, 11) is 0. The van der Waals surface area contributed by atoms with Crippen LogP contribution in [0.3, 0.4) is 0 Å². The van der Waals surface area contributed by atoms with Crippen molar-refractivity contribution in [1.82, 2.24) is 0 Å². The Hall–Kier alpha value is -2.60. The maximum absolute atomic E-state index is 4.59. The monoisotopic (exact) mass is 607 g/mol. The lowest BCUT2D eigenvalue weighted by atomic mass is 9.54. The van der Waals surface area contributed by atoms with Crippen LogP contribution in [0.4, 0.5) is 0 Å². The molecule has 3 fully saturated rings. The summed E-state index contributed by atoms with van der Waals surface area (Å²) >= 11 is 0. The van der Waals surface area contributed by atoms with Crippen LogP contribution in [0.15, 0.2) is 120 Å². The molecule has 45 heavy (non-hydrogen) atoms. The summed E-state index contributed by atoms with van der Waals surface area (Å²) in [5.41, 5.74) is 7.32. The molecule has 0 aromatic carbocycles. The SMILES string of the molecule is C=C1C(C)C(/C=C/C(C)=C/C=C/C(C)=C/C=C/C=C(C)/C=C/C=C(C)/C=C/C2C(C)CCCC2(C)C)C(C)(C)CC1C1CCC1. The highest BCUT2D eigenvalue weighted by atomic mass is 14.5. The van der Waals surface area contributed by atoms with Gasteiger partial charge in [-0.2, -0.15) is 0 Å². The Morgan fingerprint density at radius 3 is 1.60 bits per heavy atom. The zero-order valence-electron chi connectivity index (χ0n) is 30.7. The second-order valence-electron chi connectivity index (χ2n) is 16.2. The summed E-state index contributed by atoms with van der Waals surface area (Å²) < 4.78 is 0. The largest absolute Gasteiger partial charge is 0.0993 e. The molecule has 0 amide bonds. The Bertz CT molecular complexity index is 1270. The van der Waals surface area contributed by atoms with Gasteiger partial charge < -0.3 is 0 Å². The molecule has 5 unspecified atom stereocenters. The second-order valence-corrected chi connectivity index (χ2v) is 16.2. The van der Waals surface area contributed by atoms with Crippen LogP contribution in [-0.2, 0) is 0 Å². The molecule has 3 rings (SSSR count). The lowest BCUT2D eigenvalue weighted by Crippen LogP contribution is -2.41. The molecule has 0 aliphatic heterocycles. The van der Waals surface area contributed by atoms with Crippen LogP contribution >= 0.6 is 0 Å². The van der Waals surface area contributed by atoms with Gasteiger partial charge in [-0.05, 0) is 99.7 Å². The van der Waals surface area contributed by atoms with Crippen molar-refractivity contribution in [1.29, 1.82) is 0 Å². The Balaban J connectivity index is 1.48. The summed E-state index contributed by atoms with van der Waals surface area (Å²) in [4.78, 5) is 0. The van der Waals surface area contributed by atoms with E-state index in [9.17, 15) is 0 Å². The first kappa shape index (κ1) is 36.9. The number of hydrogen-bond donors (Lipinski definition) is 0. The van der Waals surface area contributed by atoms with Crippen molar-refractivity contribution in [2.45, 2.75) is 114 Å². The maximum atomic E-state index is 4.59. The molecule has 3 aliphatic carbocycles. The third kappa shape index (κ3) is 11.0. The minimum Gasteiger partial charge on any atom is -0.0993 e. The minimum atomic E-state index is 0.319. The zero-order chi connectivity index (χ0) is 33.2. The average Bonchev–Trinajstić information content (AvgIpc) is 2.92. The van der Waals surface area contributed by atoms with Gasteiger partial charge in [0, 0.05) is 0 Å². The molecule has 0 heteroatoms. The van der Waals surface area contributed by atoms with E-state index in [1.54, 1.807) is 0 Å². The van der Waals surface area contributed by atoms with Gasteiger partial charge in [0.1, 0.15) is 0 Å². The van der Waals surface area contributed by atoms with Crippen LogP contribution in [0.25, 0.3) is 0 Å². The van der Waals surface area contributed by atoms with Crippen LogP contribution in [0.2, 0.25) is 0 Å². The summed E-state index contributed by atoms with van der Waals surface area (Å²) in [6, 6.07) is 0. The summed E-state index contributed by atoms with van der Waals surface area (Å²) in [5, 5.41) is 0. The molecule has 0 aromatic heterocycles. The third-order valence-electron chi connectivity index (χ3n) is 11.4. The molecular formula is C45H66. The molecule has 246 valence electrons. The first-order chi connectivity index (χ1) is 21.2. The lowest BCUT2D eigenvalue weighted by molar-refractivity contribution is 0.0745. The molecule has 0 nitrogen and oxygen atoms in total. The Morgan fingerprint density at radius 2 is 1.11 bits per heavy atom. The van der Waals surface area contributed by atoms with Gasteiger partial charge in [0.25, 0.3) is 0 Å². The van der Waals surface area contributed by atoms with Gasteiger partial charge >= 0.3 is 0 Å². The van der Waals surface area contributed by atoms with Crippen LogP contribution < -0.4 is 0 Å². The molecule has 0 radical (unpaired) electrons. The predicted octanol–water partition coefficient (Wildman–Crippen LogP) is 13.7. The molecule has 0 aromatic rings. The highest BCUT2D eigenvalue weighted by Crippen LogP contribution is 2.54. The third-order valence-corrected chi connectivity index (χ3v) is 11.4. The fourth-order valence-electron chi connectivity index (χ4n) is 8.12. The van der Waals surface area contributed by atoms with E-state index in [0.717, 1.165) is 17.8 Å². The van der Waals surface area contributed by atoms with Gasteiger partial charge in [0.05, 0.1) is 0 Å². The lowest BCUT2D eigenvalue weighted by Gasteiger charge is -2.50. The molecule has 0 N–H and O–H groups in total. The first-order valence-electron chi connectivity index (χ1n) is 18.0. The molecule has 0 spiro atoms. The summed E-state index contributed by atoms with van der Waals surface area (Å²) in [6.07, 6.45) is 40.9. The van der Waals surface area contributed by atoms with E-state index in [0.29, 0.717) is 28.6 Å². The van der Waals surface area contributed by atoms with Gasteiger partial charge in [-0.25, -0.2) is 0 Å². The van der Waals surface area contributed by atoms with Crippen molar-refractivity contribution in [3.8, 4) is 0 Å². The van der Waals surface area contributed by atoms with E-state index in [1.165, 1.54) is 72.8 Å². The van der Waals surface area contributed by atoms with E-state index in [2.05, 4.69) is 161 Å². The predicted molar refractivity (Wildman–Crippen MR) is 202 cm³/mol. The van der Waals surface area contributed by atoms with Crippen LogP contribution in [-0.4, -0.2) is 0 Å². The Kier molecular flexibility index (Phi) is 13.8. The fourth-order valence-corrected chi connectivity index (χ4v) is 8.12. The minimum absolute atomic E-state index is 0.319. The molecule has 3 saturated carbocycles. The van der Waals surface area contributed by atoms with Gasteiger partial charge in [-0.1, -0.05) is 180 Å². The molecule has 0 bridgehead atoms.